The van der Waals surface area contributed by atoms with E-state index >= 15 is 0 Å². The van der Waals surface area contributed by atoms with Crippen LogP contribution in [0.25, 0.3) is 10.9 Å². The van der Waals surface area contributed by atoms with Crippen LogP contribution in [0.1, 0.15) is 36.8 Å². The van der Waals surface area contributed by atoms with Crippen LogP contribution in [0.5, 0.6) is 0 Å². The van der Waals surface area contributed by atoms with Crippen molar-refractivity contribution in [2.75, 3.05) is 0 Å². The molecule has 4 heteroatoms. The first-order valence-electron chi connectivity index (χ1n) is 5.67. The highest BCUT2D eigenvalue weighted by molar-refractivity contribution is 5.97. The van der Waals surface area contributed by atoms with Crippen LogP contribution in [0.4, 0.5) is 4.39 Å². The number of benzene rings is 1. The molecule has 92 valence electrons. The van der Waals surface area contributed by atoms with Gasteiger partial charge in [0.05, 0.1) is 5.52 Å². The number of aryl methyl sites for hydroxylation is 1. The lowest BCUT2D eigenvalue weighted by Gasteiger charge is -1.95. The van der Waals surface area contributed by atoms with E-state index in [0.29, 0.717) is 17.4 Å². The van der Waals surface area contributed by atoms with Crippen molar-refractivity contribution in [2.24, 2.45) is 0 Å². The first kappa shape index (κ1) is 13.2. The van der Waals surface area contributed by atoms with Crippen molar-refractivity contribution in [2.45, 2.75) is 27.2 Å². The van der Waals surface area contributed by atoms with Gasteiger partial charge in [0.2, 0.25) is 0 Å². The van der Waals surface area contributed by atoms with Crippen LogP contribution in [0.3, 0.4) is 0 Å². The summed E-state index contributed by atoms with van der Waals surface area (Å²) >= 11 is 0. The third kappa shape index (κ3) is 2.30. The Hall–Kier alpha value is -1.84. The van der Waals surface area contributed by atoms with E-state index in [1.54, 1.807) is 12.1 Å². The Balaban J connectivity index is 0.000000686. The normalized spacial score (nSPS) is 9.88. The van der Waals surface area contributed by atoms with Crippen LogP contribution in [-0.4, -0.2) is 16.1 Å². The van der Waals surface area contributed by atoms with Crippen LogP contribution in [0, 0.1) is 5.82 Å². The van der Waals surface area contributed by atoms with Crippen molar-refractivity contribution in [3.05, 3.63) is 35.3 Å². The van der Waals surface area contributed by atoms with Gasteiger partial charge in [-0.3, -0.25) is 0 Å². The molecule has 1 heterocycles. The standard InChI is InChI=1S/C11H10FNO2.C2H6/c1-2-6-7-4-3-5-8(12)9(7)13-10(6)11(14)15;1-2/h3-5,13H,2H2,1H3,(H,14,15);1-2H3. The predicted octanol–water partition coefficient (Wildman–Crippen LogP) is 3.59. The van der Waals surface area contributed by atoms with Gasteiger partial charge in [0.1, 0.15) is 11.5 Å². The molecule has 0 saturated heterocycles. The van der Waals surface area contributed by atoms with Crippen LogP contribution >= 0.6 is 0 Å². The van der Waals surface area contributed by atoms with Crippen LogP contribution in [0.2, 0.25) is 0 Å². The fraction of sp³-hybridized carbons (Fsp3) is 0.308. The van der Waals surface area contributed by atoms with Gasteiger partial charge in [0, 0.05) is 5.39 Å². The zero-order valence-corrected chi connectivity index (χ0v) is 10.2. The summed E-state index contributed by atoms with van der Waals surface area (Å²) < 4.78 is 13.4. The second-order valence-corrected chi connectivity index (χ2v) is 3.30. The van der Waals surface area contributed by atoms with Gasteiger partial charge in [-0.25, -0.2) is 9.18 Å². The van der Waals surface area contributed by atoms with Gasteiger partial charge in [0.25, 0.3) is 0 Å². The molecule has 0 aliphatic rings. The van der Waals surface area contributed by atoms with Crippen LogP contribution in [0.15, 0.2) is 18.2 Å². The van der Waals surface area contributed by atoms with Gasteiger partial charge >= 0.3 is 5.97 Å². The van der Waals surface area contributed by atoms with E-state index in [9.17, 15) is 9.18 Å². The molecule has 0 fully saturated rings. The van der Waals surface area contributed by atoms with E-state index in [4.69, 9.17) is 5.11 Å². The number of halogens is 1. The summed E-state index contributed by atoms with van der Waals surface area (Å²) in [6.07, 6.45) is 0.561. The molecule has 0 unspecified atom stereocenters. The quantitative estimate of drug-likeness (QED) is 0.838. The zero-order valence-electron chi connectivity index (χ0n) is 10.2. The number of hydrogen-bond acceptors (Lipinski definition) is 1. The maximum absolute atomic E-state index is 13.4. The van der Waals surface area contributed by atoms with E-state index in [1.165, 1.54) is 6.07 Å². The van der Waals surface area contributed by atoms with Crippen LogP contribution < -0.4 is 0 Å². The van der Waals surface area contributed by atoms with Gasteiger partial charge in [0.15, 0.2) is 0 Å². The van der Waals surface area contributed by atoms with Crippen molar-refractivity contribution in [1.82, 2.24) is 4.98 Å². The third-order valence-corrected chi connectivity index (χ3v) is 2.46. The highest BCUT2D eigenvalue weighted by Gasteiger charge is 2.16. The Morgan fingerprint density at radius 1 is 1.41 bits per heavy atom. The number of aromatic amines is 1. The van der Waals surface area contributed by atoms with Gasteiger partial charge in [-0.1, -0.05) is 32.9 Å². The van der Waals surface area contributed by atoms with E-state index in [2.05, 4.69) is 4.98 Å². The van der Waals surface area contributed by atoms with E-state index in [1.807, 2.05) is 20.8 Å². The lowest BCUT2D eigenvalue weighted by molar-refractivity contribution is 0.0690. The Morgan fingerprint density at radius 3 is 2.59 bits per heavy atom. The Bertz CT molecular complexity index is 531. The predicted molar refractivity (Wildman–Crippen MR) is 65.9 cm³/mol. The molecule has 2 aromatic rings. The largest absolute Gasteiger partial charge is 0.477 e. The SMILES string of the molecule is CC.CCc1c(C(=O)O)[nH]c2c(F)cccc12. The smallest absolute Gasteiger partial charge is 0.352 e. The number of carbonyl (C=O) groups is 1. The summed E-state index contributed by atoms with van der Waals surface area (Å²) in [5, 5.41) is 9.58. The molecule has 2 rings (SSSR count). The fourth-order valence-corrected chi connectivity index (χ4v) is 1.79. The minimum Gasteiger partial charge on any atom is -0.477 e. The van der Waals surface area contributed by atoms with E-state index in [-0.39, 0.29) is 11.2 Å². The maximum atomic E-state index is 13.4. The Morgan fingerprint density at radius 2 is 2.06 bits per heavy atom. The van der Waals surface area contributed by atoms with E-state index < -0.39 is 11.8 Å². The molecule has 1 aromatic heterocycles. The molecule has 0 radical (unpaired) electrons. The van der Waals surface area contributed by atoms with Gasteiger partial charge in [-0.2, -0.15) is 0 Å². The van der Waals surface area contributed by atoms with Crippen molar-refractivity contribution in [3.8, 4) is 0 Å². The average molecular weight is 237 g/mol. The molecule has 17 heavy (non-hydrogen) atoms. The molecule has 0 spiro atoms. The number of para-hydroxylation sites is 1. The molecule has 0 atom stereocenters. The molecule has 0 bridgehead atoms. The highest BCUT2D eigenvalue weighted by atomic mass is 19.1. The first-order chi connectivity index (χ1) is 8.15. The number of carboxylic acid groups (broad SMARTS) is 1. The minimum atomic E-state index is -1.05. The molecule has 1 aromatic carbocycles. The molecular weight excluding hydrogens is 221 g/mol. The average Bonchev–Trinajstić information content (AvgIpc) is 2.72. The van der Waals surface area contributed by atoms with Crippen molar-refractivity contribution in [3.63, 3.8) is 0 Å². The second kappa shape index (κ2) is 5.48. The van der Waals surface area contributed by atoms with Gasteiger partial charge in [-0.05, 0) is 18.1 Å². The number of rotatable bonds is 2. The Kier molecular flexibility index (Phi) is 4.26. The molecule has 0 aliphatic carbocycles. The molecule has 3 nitrogen and oxygen atoms in total. The summed E-state index contributed by atoms with van der Waals surface area (Å²) in [7, 11) is 0. The molecule has 0 saturated carbocycles. The second-order valence-electron chi connectivity index (χ2n) is 3.30. The third-order valence-electron chi connectivity index (χ3n) is 2.46. The van der Waals surface area contributed by atoms with Crippen molar-refractivity contribution >= 4 is 16.9 Å². The zero-order chi connectivity index (χ0) is 13.0. The lowest BCUT2D eigenvalue weighted by Crippen LogP contribution is -2.00. The van der Waals surface area contributed by atoms with Crippen LogP contribution in [-0.2, 0) is 6.42 Å². The lowest BCUT2D eigenvalue weighted by atomic mass is 10.1. The number of carboxylic acids is 1. The first-order valence-corrected chi connectivity index (χ1v) is 5.67. The number of nitrogens with one attached hydrogen (secondary N) is 1. The number of H-pyrrole nitrogens is 1. The Labute approximate surface area is 99.3 Å². The topological polar surface area (TPSA) is 53.1 Å². The number of hydrogen-bond donors (Lipinski definition) is 2. The molecule has 0 aliphatic heterocycles. The maximum Gasteiger partial charge on any atom is 0.352 e. The molecule has 2 N–H and O–H groups in total. The summed E-state index contributed by atoms with van der Waals surface area (Å²) in [5.74, 6) is -1.47. The fourth-order valence-electron chi connectivity index (χ4n) is 1.79. The monoisotopic (exact) mass is 237 g/mol. The summed E-state index contributed by atoms with van der Waals surface area (Å²) in [4.78, 5) is 13.5. The van der Waals surface area contributed by atoms with Crippen molar-refractivity contribution < 1.29 is 14.3 Å². The number of aromatic carboxylic acids is 1. The molecular formula is C13H16FNO2. The number of fused-ring (bicyclic) bond motifs is 1. The summed E-state index contributed by atoms with van der Waals surface area (Å²) in [6.45, 7) is 5.85. The van der Waals surface area contributed by atoms with Gasteiger partial charge in [-0.15, -0.1) is 0 Å². The summed E-state index contributed by atoms with van der Waals surface area (Å²) in [5.41, 5.74) is 1.00. The minimum absolute atomic E-state index is 0.0811. The summed E-state index contributed by atoms with van der Waals surface area (Å²) in [6, 6.07) is 4.61. The molecule has 0 amide bonds. The van der Waals surface area contributed by atoms with Crippen molar-refractivity contribution in [1.29, 1.82) is 0 Å². The number of aromatic nitrogens is 1. The van der Waals surface area contributed by atoms with Gasteiger partial charge < -0.3 is 10.1 Å². The van der Waals surface area contributed by atoms with E-state index in [0.717, 1.165) is 0 Å². The highest BCUT2D eigenvalue weighted by Crippen LogP contribution is 2.24.